The van der Waals surface area contributed by atoms with Crippen molar-refractivity contribution in [3.05, 3.63) is 35.4 Å². The van der Waals surface area contributed by atoms with E-state index < -0.39 is 11.6 Å². The summed E-state index contributed by atoms with van der Waals surface area (Å²) in [4.78, 5) is 26.0. The summed E-state index contributed by atoms with van der Waals surface area (Å²) in [6, 6.07) is 7.85. The SMILES string of the molecule is O=C1NC2(CCCC2)C(=O)N1C[C@H](O)CO[C@H]1CCCc2ccccc21. The minimum atomic E-state index is -0.879. The van der Waals surface area contributed by atoms with E-state index in [0.717, 1.165) is 37.0 Å². The summed E-state index contributed by atoms with van der Waals surface area (Å²) >= 11 is 0. The number of fused-ring (bicyclic) bond motifs is 1. The lowest BCUT2D eigenvalue weighted by molar-refractivity contribution is -0.132. The lowest BCUT2D eigenvalue weighted by Crippen LogP contribution is -2.45. The minimum Gasteiger partial charge on any atom is -0.389 e. The Labute approximate surface area is 153 Å². The van der Waals surface area contributed by atoms with Crippen molar-refractivity contribution in [2.24, 2.45) is 0 Å². The quantitative estimate of drug-likeness (QED) is 0.792. The Hall–Kier alpha value is -1.92. The van der Waals surface area contributed by atoms with E-state index in [9.17, 15) is 14.7 Å². The van der Waals surface area contributed by atoms with Crippen LogP contribution in [0.15, 0.2) is 24.3 Å². The van der Waals surface area contributed by atoms with Gasteiger partial charge in [0.1, 0.15) is 5.54 Å². The number of aliphatic hydroxyl groups excluding tert-OH is 1. The summed E-state index contributed by atoms with van der Waals surface area (Å²) in [6.45, 7) is 0.101. The number of urea groups is 1. The highest BCUT2D eigenvalue weighted by Crippen LogP contribution is 2.35. The zero-order valence-electron chi connectivity index (χ0n) is 14.9. The lowest BCUT2D eigenvalue weighted by atomic mass is 9.89. The molecule has 1 aromatic carbocycles. The number of ether oxygens (including phenoxy) is 1. The van der Waals surface area contributed by atoms with E-state index in [1.165, 1.54) is 11.1 Å². The summed E-state index contributed by atoms with van der Waals surface area (Å²) in [7, 11) is 0. The molecule has 2 atom stereocenters. The van der Waals surface area contributed by atoms with Gasteiger partial charge in [-0.2, -0.15) is 0 Å². The van der Waals surface area contributed by atoms with Crippen LogP contribution in [0.5, 0.6) is 0 Å². The van der Waals surface area contributed by atoms with Gasteiger partial charge in [-0.1, -0.05) is 37.1 Å². The second-order valence-corrected chi connectivity index (χ2v) is 7.70. The van der Waals surface area contributed by atoms with Crippen LogP contribution in [-0.4, -0.2) is 46.7 Å². The van der Waals surface area contributed by atoms with Gasteiger partial charge in [0.05, 0.1) is 25.4 Å². The largest absolute Gasteiger partial charge is 0.389 e. The van der Waals surface area contributed by atoms with Gasteiger partial charge in [-0.3, -0.25) is 9.69 Å². The first-order valence-corrected chi connectivity index (χ1v) is 9.61. The predicted molar refractivity (Wildman–Crippen MR) is 95.5 cm³/mol. The van der Waals surface area contributed by atoms with Crippen molar-refractivity contribution in [2.75, 3.05) is 13.2 Å². The maximum absolute atomic E-state index is 12.6. The molecule has 140 valence electrons. The summed E-state index contributed by atoms with van der Waals surface area (Å²) < 4.78 is 5.95. The van der Waals surface area contributed by atoms with E-state index in [2.05, 4.69) is 17.4 Å². The Morgan fingerprint density at radius 1 is 1.23 bits per heavy atom. The fraction of sp³-hybridized carbons (Fsp3) is 0.600. The number of nitrogens with one attached hydrogen (secondary N) is 1. The molecule has 6 nitrogen and oxygen atoms in total. The number of hydrogen-bond acceptors (Lipinski definition) is 4. The van der Waals surface area contributed by atoms with Crippen LogP contribution in [0.1, 0.15) is 55.8 Å². The molecule has 0 unspecified atom stereocenters. The number of amides is 3. The number of imide groups is 1. The molecule has 2 fully saturated rings. The molecule has 1 aromatic rings. The van der Waals surface area contributed by atoms with Gasteiger partial charge in [-0.15, -0.1) is 0 Å². The van der Waals surface area contributed by atoms with Crippen LogP contribution in [0.2, 0.25) is 0 Å². The molecule has 6 heteroatoms. The molecule has 2 aliphatic carbocycles. The van der Waals surface area contributed by atoms with E-state index in [1.807, 2.05) is 12.1 Å². The minimum absolute atomic E-state index is 0.0131. The van der Waals surface area contributed by atoms with Crippen molar-refractivity contribution in [2.45, 2.75) is 62.7 Å². The first-order chi connectivity index (χ1) is 12.6. The Balaban J connectivity index is 1.34. The molecule has 0 bridgehead atoms. The highest BCUT2D eigenvalue weighted by Gasteiger charge is 2.52. The molecule has 0 aromatic heterocycles. The maximum Gasteiger partial charge on any atom is 0.325 e. The van der Waals surface area contributed by atoms with Crippen LogP contribution in [0.3, 0.4) is 0 Å². The van der Waals surface area contributed by atoms with E-state index in [4.69, 9.17) is 4.74 Å². The van der Waals surface area contributed by atoms with Gasteiger partial charge in [-0.25, -0.2) is 4.79 Å². The zero-order valence-corrected chi connectivity index (χ0v) is 14.9. The number of carbonyl (C=O) groups is 2. The lowest BCUT2D eigenvalue weighted by Gasteiger charge is -2.27. The number of hydrogen-bond donors (Lipinski definition) is 2. The number of carbonyl (C=O) groups excluding carboxylic acids is 2. The third-order valence-corrected chi connectivity index (χ3v) is 5.90. The van der Waals surface area contributed by atoms with Crippen molar-refractivity contribution in [1.29, 1.82) is 0 Å². The Morgan fingerprint density at radius 3 is 2.81 bits per heavy atom. The fourth-order valence-corrected chi connectivity index (χ4v) is 4.53. The normalized spacial score (nSPS) is 25.4. The van der Waals surface area contributed by atoms with Crippen molar-refractivity contribution in [1.82, 2.24) is 10.2 Å². The van der Waals surface area contributed by atoms with Crippen LogP contribution in [0, 0.1) is 0 Å². The Kier molecular flexibility index (Phi) is 4.71. The standard InChI is InChI=1S/C20H26N2O4/c23-15(12-22-18(24)20(21-19(22)25)10-3-4-11-20)13-26-17-9-5-7-14-6-1-2-8-16(14)17/h1-2,6,8,15,17,23H,3-5,7,9-13H2,(H,21,25)/t15-,17-/m0/s1. The van der Waals surface area contributed by atoms with Crippen molar-refractivity contribution in [3.8, 4) is 0 Å². The second-order valence-electron chi connectivity index (χ2n) is 7.70. The van der Waals surface area contributed by atoms with Gasteiger partial charge in [0.2, 0.25) is 0 Å². The molecule has 1 heterocycles. The second kappa shape index (κ2) is 7.00. The third kappa shape index (κ3) is 3.12. The fourth-order valence-electron chi connectivity index (χ4n) is 4.53. The van der Waals surface area contributed by atoms with Gasteiger partial charge < -0.3 is 15.2 Å². The highest BCUT2D eigenvalue weighted by atomic mass is 16.5. The molecule has 1 spiro atoms. The smallest absolute Gasteiger partial charge is 0.325 e. The topological polar surface area (TPSA) is 78.9 Å². The van der Waals surface area contributed by atoms with Gasteiger partial charge in [0, 0.05) is 0 Å². The summed E-state index contributed by atoms with van der Waals surface area (Å²) in [5.41, 5.74) is 1.77. The number of nitrogens with zero attached hydrogens (tertiary/aromatic N) is 1. The molecular formula is C20H26N2O4. The average Bonchev–Trinajstić information content (AvgIpc) is 3.21. The van der Waals surface area contributed by atoms with Gasteiger partial charge in [0.25, 0.3) is 5.91 Å². The monoisotopic (exact) mass is 358 g/mol. The first-order valence-electron chi connectivity index (χ1n) is 9.61. The highest BCUT2D eigenvalue weighted by molar-refractivity contribution is 6.07. The van der Waals surface area contributed by atoms with Gasteiger partial charge in [0.15, 0.2) is 0 Å². The van der Waals surface area contributed by atoms with Crippen LogP contribution in [-0.2, 0) is 16.0 Å². The maximum atomic E-state index is 12.6. The molecule has 1 saturated heterocycles. The number of benzene rings is 1. The molecule has 1 aliphatic heterocycles. The predicted octanol–water partition coefficient (Wildman–Crippen LogP) is 2.31. The van der Waals surface area contributed by atoms with Crippen molar-refractivity contribution in [3.63, 3.8) is 0 Å². The van der Waals surface area contributed by atoms with E-state index >= 15 is 0 Å². The molecular weight excluding hydrogens is 332 g/mol. The number of aliphatic hydroxyl groups is 1. The summed E-state index contributed by atoms with van der Waals surface area (Å²) in [5.74, 6) is -0.193. The number of rotatable bonds is 5. The van der Waals surface area contributed by atoms with Crippen LogP contribution in [0.4, 0.5) is 4.79 Å². The molecule has 3 amide bonds. The van der Waals surface area contributed by atoms with Crippen LogP contribution in [0.25, 0.3) is 0 Å². The molecule has 4 rings (SSSR count). The van der Waals surface area contributed by atoms with Crippen LogP contribution >= 0.6 is 0 Å². The zero-order chi connectivity index (χ0) is 18.1. The van der Waals surface area contributed by atoms with Crippen LogP contribution < -0.4 is 5.32 Å². The molecule has 3 aliphatic rings. The van der Waals surface area contributed by atoms with Gasteiger partial charge in [-0.05, 0) is 43.2 Å². The van der Waals surface area contributed by atoms with Crippen molar-refractivity contribution >= 4 is 11.9 Å². The first kappa shape index (κ1) is 17.5. The molecule has 2 N–H and O–H groups in total. The number of aryl methyl sites for hydroxylation is 1. The van der Waals surface area contributed by atoms with E-state index in [1.54, 1.807) is 0 Å². The third-order valence-electron chi connectivity index (χ3n) is 5.90. The van der Waals surface area contributed by atoms with Gasteiger partial charge >= 0.3 is 6.03 Å². The molecule has 1 saturated carbocycles. The molecule has 26 heavy (non-hydrogen) atoms. The Morgan fingerprint density at radius 2 is 2.00 bits per heavy atom. The summed E-state index contributed by atoms with van der Waals surface area (Å²) in [6.07, 6.45) is 5.43. The Bertz CT molecular complexity index is 699. The van der Waals surface area contributed by atoms with E-state index in [0.29, 0.717) is 12.8 Å². The summed E-state index contributed by atoms with van der Waals surface area (Å²) in [5, 5.41) is 13.2. The van der Waals surface area contributed by atoms with Crippen molar-refractivity contribution < 1.29 is 19.4 Å². The number of β-amino-alcohol motifs (C(OH)–C–C–N with tert-alkyl or cyclic N) is 1. The average molecular weight is 358 g/mol. The molecule has 0 radical (unpaired) electrons. The van der Waals surface area contributed by atoms with E-state index in [-0.39, 0.29) is 31.2 Å².